The maximum absolute atomic E-state index is 13.6. The van der Waals surface area contributed by atoms with Gasteiger partial charge in [0.15, 0.2) is 5.72 Å². The Hall–Kier alpha value is -3.37. The molecule has 0 saturated carbocycles. The molecule has 5 rings (SSSR count). The lowest BCUT2D eigenvalue weighted by atomic mass is 9.82. The van der Waals surface area contributed by atoms with Crippen LogP contribution in [0, 0.1) is 5.92 Å². The van der Waals surface area contributed by atoms with Crippen molar-refractivity contribution in [1.29, 1.82) is 0 Å². The Balaban J connectivity index is 1.56. The molecule has 0 aromatic heterocycles. The van der Waals surface area contributed by atoms with Crippen LogP contribution in [0.15, 0.2) is 46.8 Å². The van der Waals surface area contributed by atoms with Gasteiger partial charge in [-0.15, -0.1) is 0 Å². The first-order valence-corrected chi connectivity index (χ1v) is 9.91. The van der Waals surface area contributed by atoms with Crippen molar-refractivity contribution >= 4 is 23.3 Å². The third-order valence-electron chi connectivity index (χ3n) is 6.56. The van der Waals surface area contributed by atoms with Gasteiger partial charge < -0.3 is 35.8 Å². The summed E-state index contributed by atoms with van der Waals surface area (Å²) in [5.74, 6) is -1.24. The number of benzene rings is 1. The number of allylic oxidation sites excluding steroid dienone is 2. The topological polar surface area (TPSA) is 153 Å². The van der Waals surface area contributed by atoms with Crippen molar-refractivity contribution in [1.82, 2.24) is 10.2 Å². The van der Waals surface area contributed by atoms with E-state index >= 15 is 0 Å². The van der Waals surface area contributed by atoms with Crippen molar-refractivity contribution in [3.05, 3.63) is 46.8 Å². The Kier molecular flexibility index (Phi) is 4.15. The quantitative estimate of drug-likeness (QED) is 0.294. The molecule has 4 atom stereocenters. The number of nitrogens with zero attached hydrogens (tertiary/aromatic N) is 1. The highest BCUT2D eigenvalue weighted by atomic mass is 16.6. The molecule has 0 bridgehead atoms. The van der Waals surface area contributed by atoms with Gasteiger partial charge in [0.2, 0.25) is 11.6 Å². The van der Waals surface area contributed by atoms with Gasteiger partial charge in [-0.1, -0.05) is 0 Å². The largest absolute Gasteiger partial charge is 0.508 e. The van der Waals surface area contributed by atoms with Crippen LogP contribution in [0.1, 0.15) is 6.92 Å². The van der Waals surface area contributed by atoms with Crippen molar-refractivity contribution in [3.8, 4) is 5.75 Å². The minimum absolute atomic E-state index is 0.0842. The Morgan fingerprint density at radius 1 is 1.32 bits per heavy atom. The number of ether oxygens (including phenoxy) is 2. The lowest BCUT2D eigenvalue weighted by molar-refractivity contribution is -0.137. The van der Waals surface area contributed by atoms with Crippen LogP contribution < -0.4 is 16.4 Å². The summed E-state index contributed by atoms with van der Waals surface area (Å²) in [6, 6.07) is 6.20. The number of aromatic hydroxyl groups is 1. The second-order valence-corrected chi connectivity index (χ2v) is 8.09. The minimum atomic E-state index is -1.01. The van der Waals surface area contributed by atoms with Crippen LogP contribution in [0.2, 0.25) is 0 Å². The van der Waals surface area contributed by atoms with Crippen LogP contribution in [0.25, 0.3) is 0 Å². The number of amides is 1. The number of hydrogen-bond donors (Lipinski definition) is 4. The van der Waals surface area contributed by atoms with Crippen molar-refractivity contribution in [3.63, 3.8) is 0 Å². The van der Waals surface area contributed by atoms with E-state index in [1.165, 1.54) is 19.2 Å². The predicted octanol–water partition coefficient (Wildman–Crippen LogP) is 0.208. The van der Waals surface area contributed by atoms with E-state index in [1.807, 2.05) is 4.90 Å². The molecular weight excluding hydrogens is 404 g/mol. The van der Waals surface area contributed by atoms with E-state index in [4.69, 9.17) is 15.2 Å². The molecule has 3 unspecified atom stereocenters. The van der Waals surface area contributed by atoms with Crippen molar-refractivity contribution in [2.75, 3.05) is 25.6 Å². The molecule has 3 aliphatic heterocycles. The fraction of sp³-hybridized carbons (Fsp3) is 0.381. The molecule has 1 aromatic rings. The van der Waals surface area contributed by atoms with Gasteiger partial charge in [0, 0.05) is 36.5 Å². The van der Waals surface area contributed by atoms with E-state index in [1.54, 1.807) is 19.1 Å². The minimum Gasteiger partial charge on any atom is -0.508 e. The van der Waals surface area contributed by atoms with Gasteiger partial charge in [-0.3, -0.25) is 9.59 Å². The highest BCUT2D eigenvalue weighted by molar-refractivity contribution is 6.26. The zero-order valence-corrected chi connectivity index (χ0v) is 17.0. The number of methoxy groups -OCH3 is 1. The van der Waals surface area contributed by atoms with Gasteiger partial charge in [-0.2, -0.15) is 0 Å². The summed E-state index contributed by atoms with van der Waals surface area (Å²) in [7, 11) is 1.52. The Bertz CT molecular complexity index is 1080. The summed E-state index contributed by atoms with van der Waals surface area (Å²) in [4.78, 5) is 40.2. The molecule has 2 saturated heterocycles. The lowest BCUT2D eigenvalue weighted by Gasteiger charge is -2.39. The SMILES string of the molecule is CO[C@@]12C(COC(N)=O)C3=C(C(=O)C(C)=C(Nc4ccc(O)cc4)C3=O)N1CC1NC12. The van der Waals surface area contributed by atoms with Gasteiger partial charge in [0.05, 0.1) is 23.4 Å². The van der Waals surface area contributed by atoms with Crippen LogP contribution in [-0.4, -0.2) is 65.7 Å². The smallest absolute Gasteiger partial charge is 0.404 e. The molecule has 0 spiro atoms. The number of Topliss-reactive ketones (excluding diaryl/α,β-unsaturated/α-hetero) is 2. The maximum Gasteiger partial charge on any atom is 0.404 e. The number of anilines is 1. The lowest BCUT2D eigenvalue weighted by Crippen LogP contribution is -2.55. The Labute approximate surface area is 177 Å². The monoisotopic (exact) mass is 426 g/mol. The number of piperazine rings is 1. The van der Waals surface area contributed by atoms with Gasteiger partial charge >= 0.3 is 6.09 Å². The van der Waals surface area contributed by atoms with Crippen LogP contribution in [-0.2, 0) is 19.1 Å². The second-order valence-electron chi connectivity index (χ2n) is 8.09. The molecular formula is C21H22N4O6. The fourth-order valence-corrected chi connectivity index (χ4v) is 5.13. The molecule has 1 amide bonds. The molecule has 5 N–H and O–H groups in total. The summed E-state index contributed by atoms with van der Waals surface area (Å²) < 4.78 is 11.0. The number of nitrogens with one attached hydrogen (secondary N) is 2. The number of carbonyl (C=O) groups excluding carboxylic acids is 3. The molecule has 31 heavy (non-hydrogen) atoms. The highest BCUT2D eigenvalue weighted by Crippen LogP contribution is 2.55. The molecule has 10 nitrogen and oxygen atoms in total. The number of hydrogen-bond acceptors (Lipinski definition) is 9. The summed E-state index contributed by atoms with van der Waals surface area (Å²) in [6.45, 7) is 1.93. The van der Waals surface area contributed by atoms with E-state index in [0.29, 0.717) is 17.9 Å². The number of carbonyl (C=O) groups is 3. The Morgan fingerprint density at radius 2 is 2.03 bits per heavy atom. The second kappa shape index (κ2) is 6.56. The molecule has 10 heteroatoms. The van der Waals surface area contributed by atoms with Crippen LogP contribution in [0.4, 0.5) is 10.5 Å². The summed E-state index contributed by atoms with van der Waals surface area (Å²) in [5, 5.41) is 15.8. The van der Waals surface area contributed by atoms with Gasteiger partial charge in [-0.05, 0) is 31.2 Å². The number of ketones is 2. The molecule has 162 valence electrons. The van der Waals surface area contributed by atoms with Gasteiger partial charge in [0.1, 0.15) is 12.4 Å². The first-order valence-electron chi connectivity index (χ1n) is 9.91. The van der Waals surface area contributed by atoms with Crippen molar-refractivity contribution in [2.24, 2.45) is 11.7 Å². The van der Waals surface area contributed by atoms with Crippen LogP contribution in [0.3, 0.4) is 0 Å². The number of nitrogens with two attached hydrogens (primary N) is 1. The molecule has 1 aromatic carbocycles. The van der Waals surface area contributed by atoms with E-state index in [9.17, 15) is 19.5 Å². The number of phenols is 1. The standard InChI is InChI=1S/C21H22N4O6/c1-9-15(23-10-3-5-11(26)6-4-10)18(28)14-12(8-31-20(22)29)21(30-2)19-13(24-19)7-25(21)16(14)17(9)27/h3-6,12-13,19,23-24,26H,7-8H2,1-2H3,(H2,22,29)/t12?,13?,19?,21-/m1/s1. The first kappa shape index (κ1) is 19.6. The predicted molar refractivity (Wildman–Crippen MR) is 108 cm³/mol. The molecule has 1 aliphatic carbocycles. The molecule has 4 aliphatic rings. The third kappa shape index (κ3) is 2.61. The Morgan fingerprint density at radius 3 is 2.68 bits per heavy atom. The van der Waals surface area contributed by atoms with Gasteiger partial charge in [-0.25, -0.2) is 4.79 Å². The van der Waals surface area contributed by atoms with Crippen LogP contribution >= 0.6 is 0 Å². The number of rotatable bonds is 5. The zero-order valence-electron chi connectivity index (χ0n) is 17.0. The normalized spacial score (nSPS) is 30.9. The number of primary amides is 1. The molecule has 2 fully saturated rings. The van der Waals surface area contributed by atoms with E-state index < -0.39 is 17.7 Å². The molecule has 0 radical (unpaired) electrons. The third-order valence-corrected chi connectivity index (χ3v) is 6.56. The van der Waals surface area contributed by atoms with Crippen molar-refractivity contribution < 1.29 is 29.0 Å². The maximum atomic E-state index is 13.6. The van der Waals surface area contributed by atoms with Gasteiger partial charge in [0.25, 0.3) is 0 Å². The van der Waals surface area contributed by atoms with E-state index in [-0.39, 0.29) is 52.8 Å². The molecule has 3 heterocycles. The number of phenolic OH excluding ortho intramolecular Hbond substituents is 1. The number of fused-ring (bicyclic) bond motifs is 4. The summed E-state index contributed by atoms with van der Waals surface area (Å²) >= 11 is 0. The van der Waals surface area contributed by atoms with Crippen LogP contribution in [0.5, 0.6) is 5.75 Å². The summed E-state index contributed by atoms with van der Waals surface area (Å²) in [5.41, 5.74) is 5.71. The fourth-order valence-electron chi connectivity index (χ4n) is 5.13. The average Bonchev–Trinajstić information content (AvgIpc) is 3.35. The zero-order chi connectivity index (χ0) is 22.1. The highest BCUT2D eigenvalue weighted by Gasteiger charge is 2.72. The van der Waals surface area contributed by atoms with Crippen molar-refractivity contribution in [2.45, 2.75) is 24.7 Å². The van der Waals surface area contributed by atoms with E-state index in [2.05, 4.69) is 10.6 Å². The van der Waals surface area contributed by atoms with E-state index in [0.717, 1.165) is 0 Å². The summed E-state index contributed by atoms with van der Waals surface area (Å²) in [6.07, 6.45) is -0.964. The first-order chi connectivity index (χ1) is 14.8. The average molecular weight is 426 g/mol.